The quantitative estimate of drug-likeness (QED) is 0.848. The summed E-state index contributed by atoms with van der Waals surface area (Å²) in [5.74, 6) is -0.511. The highest BCUT2D eigenvalue weighted by Gasteiger charge is 2.27. The van der Waals surface area contributed by atoms with Gasteiger partial charge >= 0.3 is 5.97 Å². The number of ketones is 1. The molecule has 0 fully saturated rings. The Morgan fingerprint density at radius 1 is 1.42 bits per heavy atom. The fourth-order valence-electron chi connectivity index (χ4n) is 2.74. The number of fused-ring (bicyclic) bond motifs is 1. The zero-order valence-electron chi connectivity index (χ0n) is 11.2. The number of hydrogen-bond acceptors (Lipinski definition) is 3. The molecule has 0 saturated carbocycles. The van der Waals surface area contributed by atoms with Gasteiger partial charge < -0.3 is 9.84 Å². The lowest BCUT2D eigenvalue weighted by Gasteiger charge is -2.14. The van der Waals surface area contributed by atoms with Crippen LogP contribution in [0.25, 0.3) is 0 Å². The summed E-state index contributed by atoms with van der Waals surface area (Å²) in [5, 5.41) is 8.90. The Bertz CT molecular complexity index is 519. The van der Waals surface area contributed by atoms with E-state index in [0.717, 1.165) is 16.9 Å². The molecule has 0 heterocycles. The van der Waals surface area contributed by atoms with Gasteiger partial charge in [0.25, 0.3) is 0 Å². The first kappa shape index (κ1) is 13.6. The van der Waals surface area contributed by atoms with E-state index in [4.69, 9.17) is 9.84 Å². The Kier molecular flexibility index (Phi) is 3.88. The van der Waals surface area contributed by atoms with Gasteiger partial charge in [0.1, 0.15) is 11.5 Å². The molecule has 0 saturated heterocycles. The second-order valence-electron chi connectivity index (χ2n) is 5.05. The van der Waals surface area contributed by atoms with E-state index in [1.807, 2.05) is 19.1 Å². The lowest BCUT2D eigenvalue weighted by atomic mass is 9.92. The van der Waals surface area contributed by atoms with Crippen LogP contribution in [0.1, 0.15) is 29.5 Å². The Balaban J connectivity index is 2.36. The summed E-state index contributed by atoms with van der Waals surface area (Å²) in [4.78, 5) is 22.8. The van der Waals surface area contributed by atoms with Crippen molar-refractivity contribution in [3.63, 3.8) is 0 Å². The number of carboxylic acids is 1. The highest BCUT2D eigenvalue weighted by atomic mass is 16.5. The second-order valence-corrected chi connectivity index (χ2v) is 5.05. The number of carboxylic acid groups (broad SMARTS) is 1. The minimum Gasteiger partial charge on any atom is -0.497 e. The summed E-state index contributed by atoms with van der Waals surface area (Å²) < 4.78 is 5.24. The van der Waals surface area contributed by atoms with Crippen LogP contribution >= 0.6 is 0 Å². The average molecular weight is 262 g/mol. The Morgan fingerprint density at radius 2 is 2.16 bits per heavy atom. The molecule has 0 amide bonds. The molecular formula is C15H18O4. The van der Waals surface area contributed by atoms with Crippen molar-refractivity contribution >= 4 is 11.8 Å². The van der Waals surface area contributed by atoms with E-state index in [1.165, 1.54) is 5.56 Å². The molecule has 0 radical (unpaired) electrons. The number of methoxy groups -OCH3 is 1. The van der Waals surface area contributed by atoms with Crippen LogP contribution < -0.4 is 4.74 Å². The molecule has 1 unspecified atom stereocenters. The van der Waals surface area contributed by atoms with Crippen molar-refractivity contribution in [1.82, 2.24) is 0 Å². The van der Waals surface area contributed by atoms with E-state index in [1.54, 1.807) is 7.11 Å². The van der Waals surface area contributed by atoms with Crippen molar-refractivity contribution in [3.05, 3.63) is 28.8 Å². The third-order valence-electron chi connectivity index (χ3n) is 3.74. The molecule has 4 nitrogen and oxygen atoms in total. The highest BCUT2D eigenvalue weighted by molar-refractivity contribution is 5.86. The number of ether oxygens (including phenoxy) is 1. The summed E-state index contributed by atoms with van der Waals surface area (Å²) in [6.07, 6.45) is 1.53. The van der Waals surface area contributed by atoms with Crippen molar-refractivity contribution in [2.75, 3.05) is 7.11 Å². The Labute approximate surface area is 112 Å². The maximum absolute atomic E-state index is 12.0. The molecule has 1 aliphatic carbocycles. The maximum atomic E-state index is 12.0. The first-order chi connectivity index (χ1) is 9.01. The van der Waals surface area contributed by atoms with Gasteiger partial charge in [0.05, 0.1) is 13.5 Å². The van der Waals surface area contributed by atoms with Crippen molar-refractivity contribution in [1.29, 1.82) is 0 Å². The van der Waals surface area contributed by atoms with Gasteiger partial charge in [-0.1, -0.05) is 0 Å². The lowest BCUT2D eigenvalue weighted by molar-refractivity contribution is -0.140. The average Bonchev–Trinajstić information content (AvgIpc) is 2.49. The van der Waals surface area contributed by atoms with Gasteiger partial charge in [-0.15, -0.1) is 0 Å². The summed E-state index contributed by atoms with van der Waals surface area (Å²) in [7, 11) is 1.61. The molecule has 1 aliphatic rings. The molecule has 1 aromatic rings. The molecule has 0 bridgehead atoms. The molecule has 0 aliphatic heterocycles. The normalized spacial score (nSPS) is 18.6. The molecule has 19 heavy (non-hydrogen) atoms. The van der Waals surface area contributed by atoms with E-state index >= 15 is 0 Å². The molecule has 0 aromatic heterocycles. The Morgan fingerprint density at radius 3 is 2.79 bits per heavy atom. The molecule has 2 rings (SSSR count). The van der Waals surface area contributed by atoms with Crippen LogP contribution in [0.4, 0.5) is 0 Å². The van der Waals surface area contributed by atoms with Crippen LogP contribution in [0.3, 0.4) is 0 Å². The fourth-order valence-corrected chi connectivity index (χ4v) is 2.74. The number of hydrogen-bond donors (Lipinski definition) is 1. The molecule has 1 atom stereocenters. The largest absolute Gasteiger partial charge is 0.497 e. The van der Waals surface area contributed by atoms with Crippen LogP contribution in [0.5, 0.6) is 5.75 Å². The third-order valence-corrected chi connectivity index (χ3v) is 3.74. The molecule has 1 N–H and O–H groups in total. The summed E-state index contributed by atoms with van der Waals surface area (Å²) in [6, 6.07) is 3.89. The van der Waals surface area contributed by atoms with Gasteiger partial charge in [0.15, 0.2) is 0 Å². The van der Waals surface area contributed by atoms with Gasteiger partial charge in [0, 0.05) is 12.3 Å². The number of rotatable bonds is 3. The zero-order chi connectivity index (χ0) is 14.0. The van der Waals surface area contributed by atoms with Crippen molar-refractivity contribution in [2.24, 2.45) is 5.92 Å². The van der Waals surface area contributed by atoms with Crippen molar-refractivity contribution in [3.8, 4) is 5.75 Å². The van der Waals surface area contributed by atoms with Gasteiger partial charge in [-0.3, -0.25) is 9.59 Å². The molecule has 0 spiro atoms. The van der Waals surface area contributed by atoms with Crippen molar-refractivity contribution < 1.29 is 19.4 Å². The fraction of sp³-hybridized carbons (Fsp3) is 0.467. The standard InChI is InChI=1S/C15H18O4/c1-9-5-12(19-2)7-10-6-11(8-15(17)18)14(16)4-3-13(9)10/h5,7,11H,3-4,6,8H2,1-2H3,(H,17,18). The van der Waals surface area contributed by atoms with E-state index in [2.05, 4.69) is 0 Å². The van der Waals surface area contributed by atoms with E-state index in [0.29, 0.717) is 19.3 Å². The number of aryl methyl sites for hydroxylation is 1. The van der Waals surface area contributed by atoms with E-state index in [-0.39, 0.29) is 12.2 Å². The predicted molar refractivity (Wildman–Crippen MR) is 70.5 cm³/mol. The predicted octanol–water partition coefficient (Wildman–Crippen LogP) is 2.15. The monoisotopic (exact) mass is 262 g/mol. The molecule has 4 heteroatoms. The number of benzene rings is 1. The second kappa shape index (κ2) is 5.43. The number of aliphatic carboxylic acids is 1. The van der Waals surface area contributed by atoms with Crippen LogP contribution in [0.2, 0.25) is 0 Å². The Hall–Kier alpha value is -1.84. The molecule has 1 aromatic carbocycles. The van der Waals surface area contributed by atoms with E-state index in [9.17, 15) is 9.59 Å². The highest BCUT2D eigenvalue weighted by Crippen LogP contribution is 2.30. The minimum atomic E-state index is -0.915. The summed E-state index contributed by atoms with van der Waals surface area (Å²) in [5.41, 5.74) is 3.33. The van der Waals surface area contributed by atoms with Gasteiger partial charge in [-0.25, -0.2) is 0 Å². The first-order valence-corrected chi connectivity index (χ1v) is 6.42. The number of carbonyl (C=O) groups is 2. The van der Waals surface area contributed by atoms with Gasteiger partial charge in [-0.2, -0.15) is 0 Å². The molecular weight excluding hydrogens is 244 g/mol. The number of Topliss-reactive ketones (excluding diaryl/α,β-unsaturated/α-hetero) is 1. The summed E-state index contributed by atoms with van der Waals surface area (Å²) >= 11 is 0. The molecule has 102 valence electrons. The smallest absolute Gasteiger partial charge is 0.304 e. The third kappa shape index (κ3) is 2.95. The topological polar surface area (TPSA) is 63.6 Å². The van der Waals surface area contributed by atoms with Gasteiger partial charge in [0.2, 0.25) is 0 Å². The summed E-state index contributed by atoms with van der Waals surface area (Å²) in [6.45, 7) is 2.00. The SMILES string of the molecule is COc1cc(C)c2c(c1)CC(CC(=O)O)C(=O)CC2. The first-order valence-electron chi connectivity index (χ1n) is 6.42. The number of carbonyl (C=O) groups excluding carboxylic acids is 1. The van der Waals surface area contributed by atoms with Crippen molar-refractivity contribution in [2.45, 2.75) is 32.6 Å². The van der Waals surface area contributed by atoms with Crippen LogP contribution in [-0.4, -0.2) is 24.0 Å². The minimum absolute atomic E-state index is 0.0527. The van der Waals surface area contributed by atoms with Crippen LogP contribution in [0, 0.1) is 12.8 Å². The van der Waals surface area contributed by atoms with E-state index < -0.39 is 11.9 Å². The van der Waals surface area contributed by atoms with Crippen LogP contribution in [-0.2, 0) is 22.4 Å². The zero-order valence-corrected chi connectivity index (χ0v) is 11.2. The lowest BCUT2D eigenvalue weighted by Crippen LogP contribution is -2.19. The maximum Gasteiger partial charge on any atom is 0.304 e. The van der Waals surface area contributed by atoms with Crippen LogP contribution in [0.15, 0.2) is 12.1 Å². The van der Waals surface area contributed by atoms with Gasteiger partial charge in [-0.05, 0) is 48.6 Å².